The highest BCUT2D eigenvalue weighted by molar-refractivity contribution is 5.20. The molecular weight excluding hydrogens is 245 g/mol. The molecule has 0 saturated carbocycles. The van der Waals surface area contributed by atoms with Crippen LogP contribution in [0.4, 0.5) is 4.39 Å². The molecule has 2 rings (SSSR count). The van der Waals surface area contributed by atoms with Gasteiger partial charge in [0.25, 0.3) is 0 Å². The predicted molar refractivity (Wildman–Crippen MR) is 72.4 cm³/mol. The number of benzene rings is 1. The summed E-state index contributed by atoms with van der Waals surface area (Å²) >= 11 is 0. The molecule has 1 aliphatic rings. The Bertz CT molecular complexity index is 405. The van der Waals surface area contributed by atoms with Gasteiger partial charge in [0, 0.05) is 36.8 Å². The second-order valence-electron chi connectivity index (χ2n) is 5.39. The van der Waals surface area contributed by atoms with E-state index in [-0.39, 0.29) is 23.9 Å². The molecule has 1 aromatic rings. The lowest BCUT2D eigenvalue weighted by atomic mass is 9.80. The molecule has 0 bridgehead atoms. The van der Waals surface area contributed by atoms with Crippen LogP contribution in [0.5, 0.6) is 0 Å². The average Bonchev–Trinajstić information content (AvgIpc) is 2.46. The van der Waals surface area contributed by atoms with Crippen molar-refractivity contribution in [3.8, 4) is 0 Å². The third-order valence-corrected chi connectivity index (χ3v) is 4.04. The molecule has 1 heterocycles. The molecule has 0 aromatic heterocycles. The third kappa shape index (κ3) is 3.53. The summed E-state index contributed by atoms with van der Waals surface area (Å²) < 4.78 is 19.0. The summed E-state index contributed by atoms with van der Waals surface area (Å²) in [4.78, 5) is 0. The topological polar surface area (TPSA) is 41.5 Å². The Balaban J connectivity index is 1.95. The van der Waals surface area contributed by atoms with E-state index in [0.29, 0.717) is 25.3 Å². The fourth-order valence-electron chi connectivity index (χ4n) is 2.50. The summed E-state index contributed by atoms with van der Waals surface area (Å²) in [6.07, 6.45) is 1.70. The molecule has 1 unspecified atom stereocenters. The molecule has 2 N–H and O–H groups in total. The Hall–Kier alpha value is -0.970. The van der Waals surface area contributed by atoms with Crippen LogP contribution < -0.4 is 5.32 Å². The summed E-state index contributed by atoms with van der Waals surface area (Å²) in [5.41, 5.74) is 0.542. The van der Waals surface area contributed by atoms with Gasteiger partial charge in [-0.2, -0.15) is 0 Å². The smallest absolute Gasteiger partial charge is 0.127 e. The number of nitrogens with one attached hydrogen (secondary N) is 1. The number of hydrogen-bond donors (Lipinski definition) is 2. The van der Waals surface area contributed by atoms with Crippen molar-refractivity contribution in [1.82, 2.24) is 5.32 Å². The largest absolute Gasteiger partial charge is 0.396 e. The third-order valence-electron chi connectivity index (χ3n) is 4.04. The lowest BCUT2D eigenvalue weighted by molar-refractivity contribution is -0.0163. The molecule has 1 aliphatic heterocycles. The van der Waals surface area contributed by atoms with E-state index < -0.39 is 0 Å². The van der Waals surface area contributed by atoms with Crippen molar-refractivity contribution in [3.63, 3.8) is 0 Å². The van der Waals surface area contributed by atoms with E-state index in [4.69, 9.17) is 4.74 Å². The highest BCUT2D eigenvalue weighted by Gasteiger charge is 2.32. The summed E-state index contributed by atoms with van der Waals surface area (Å²) in [5.74, 6) is -0.187. The maximum atomic E-state index is 13.7. The zero-order valence-electron chi connectivity index (χ0n) is 11.4. The molecule has 0 radical (unpaired) electrons. The van der Waals surface area contributed by atoms with Crippen LogP contribution in [0.15, 0.2) is 24.3 Å². The SMILES string of the molecule is CC(NCC1(CO)CCOCC1)c1ccccc1F. The molecule has 1 aromatic carbocycles. The van der Waals surface area contributed by atoms with Crippen molar-refractivity contribution in [3.05, 3.63) is 35.6 Å². The second kappa shape index (κ2) is 6.46. The van der Waals surface area contributed by atoms with Gasteiger partial charge in [0.2, 0.25) is 0 Å². The lowest BCUT2D eigenvalue weighted by Gasteiger charge is -2.36. The zero-order chi connectivity index (χ0) is 13.7. The summed E-state index contributed by atoms with van der Waals surface area (Å²) in [7, 11) is 0. The first-order valence-electron chi connectivity index (χ1n) is 6.83. The molecule has 1 atom stereocenters. The normalized spacial score (nSPS) is 20.2. The Morgan fingerprint density at radius 2 is 2.05 bits per heavy atom. The number of rotatable bonds is 5. The number of aliphatic hydroxyl groups is 1. The van der Waals surface area contributed by atoms with Crippen LogP contribution in [0, 0.1) is 11.2 Å². The van der Waals surface area contributed by atoms with Gasteiger partial charge in [-0.3, -0.25) is 0 Å². The highest BCUT2D eigenvalue weighted by atomic mass is 19.1. The van der Waals surface area contributed by atoms with Crippen LogP contribution in [-0.4, -0.2) is 31.5 Å². The van der Waals surface area contributed by atoms with Crippen molar-refractivity contribution in [2.75, 3.05) is 26.4 Å². The minimum Gasteiger partial charge on any atom is -0.396 e. The van der Waals surface area contributed by atoms with E-state index in [1.165, 1.54) is 6.07 Å². The Kier molecular flexibility index (Phi) is 4.91. The maximum absolute atomic E-state index is 13.7. The monoisotopic (exact) mass is 267 g/mol. The van der Waals surface area contributed by atoms with Crippen LogP contribution in [0.3, 0.4) is 0 Å². The van der Waals surface area contributed by atoms with Gasteiger partial charge in [-0.15, -0.1) is 0 Å². The van der Waals surface area contributed by atoms with Crippen LogP contribution >= 0.6 is 0 Å². The van der Waals surface area contributed by atoms with Gasteiger partial charge in [-0.25, -0.2) is 4.39 Å². The molecule has 1 saturated heterocycles. The van der Waals surface area contributed by atoms with Gasteiger partial charge in [0.1, 0.15) is 5.82 Å². The quantitative estimate of drug-likeness (QED) is 0.860. The van der Waals surface area contributed by atoms with Crippen LogP contribution in [0.2, 0.25) is 0 Å². The van der Waals surface area contributed by atoms with Crippen molar-refractivity contribution < 1.29 is 14.2 Å². The minimum absolute atomic E-state index is 0.0625. The first kappa shape index (κ1) is 14.4. The zero-order valence-corrected chi connectivity index (χ0v) is 11.4. The van der Waals surface area contributed by atoms with E-state index in [1.54, 1.807) is 12.1 Å². The van der Waals surface area contributed by atoms with Crippen LogP contribution in [0.1, 0.15) is 31.4 Å². The van der Waals surface area contributed by atoms with Crippen molar-refractivity contribution in [1.29, 1.82) is 0 Å². The van der Waals surface area contributed by atoms with Crippen molar-refractivity contribution in [2.24, 2.45) is 5.41 Å². The molecule has 19 heavy (non-hydrogen) atoms. The van der Waals surface area contributed by atoms with E-state index in [1.807, 2.05) is 13.0 Å². The van der Waals surface area contributed by atoms with Crippen molar-refractivity contribution >= 4 is 0 Å². The molecule has 4 heteroatoms. The number of hydrogen-bond acceptors (Lipinski definition) is 3. The van der Waals surface area contributed by atoms with Crippen LogP contribution in [0.25, 0.3) is 0 Å². The first-order chi connectivity index (χ1) is 9.17. The first-order valence-corrected chi connectivity index (χ1v) is 6.83. The standard InChI is InChI=1S/C15H22FNO2/c1-12(13-4-2-3-5-14(13)16)17-10-15(11-18)6-8-19-9-7-15/h2-5,12,17-18H,6-11H2,1H3. The predicted octanol–water partition coefficient (Wildman–Crippen LogP) is 2.27. The van der Waals surface area contributed by atoms with Gasteiger partial charge < -0.3 is 15.2 Å². The van der Waals surface area contributed by atoms with E-state index in [9.17, 15) is 9.50 Å². The van der Waals surface area contributed by atoms with E-state index >= 15 is 0 Å². The van der Waals surface area contributed by atoms with E-state index in [0.717, 1.165) is 12.8 Å². The maximum Gasteiger partial charge on any atom is 0.127 e. The molecule has 0 aliphatic carbocycles. The molecule has 0 amide bonds. The Morgan fingerprint density at radius 3 is 2.68 bits per heavy atom. The summed E-state index contributed by atoms with van der Waals surface area (Å²) in [6.45, 7) is 4.16. The molecular formula is C15H22FNO2. The average molecular weight is 267 g/mol. The second-order valence-corrected chi connectivity index (χ2v) is 5.39. The number of aliphatic hydroxyl groups excluding tert-OH is 1. The van der Waals surface area contributed by atoms with Gasteiger partial charge in [0.15, 0.2) is 0 Å². The molecule has 106 valence electrons. The lowest BCUT2D eigenvalue weighted by Crippen LogP contribution is -2.42. The van der Waals surface area contributed by atoms with Crippen LogP contribution in [-0.2, 0) is 4.74 Å². The van der Waals surface area contributed by atoms with Gasteiger partial charge in [-0.05, 0) is 25.8 Å². The minimum atomic E-state index is -0.187. The highest BCUT2D eigenvalue weighted by Crippen LogP contribution is 2.30. The summed E-state index contributed by atoms with van der Waals surface area (Å²) in [6, 6.07) is 6.74. The Labute approximate surface area is 113 Å². The van der Waals surface area contributed by atoms with Gasteiger partial charge in [-0.1, -0.05) is 18.2 Å². The number of ether oxygens (including phenoxy) is 1. The number of halogens is 1. The fraction of sp³-hybridized carbons (Fsp3) is 0.600. The Morgan fingerprint density at radius 1 is 1.37 bits per heavy atom. The van der Waals surface area contributed by atoms with E-state index in [2.05, 4.69) is 5.32 Å². The summed E-state index contributed by atoms with van der Waals surface area (Å²) in [5, 5.41) is 13.0. The molecule has 0 spiro atoms. The van der Waals surface area contributed by atoms with Crippen molar-refractivity contribution in [2.45, 2.75) is 25.8 Å². The molecule has 1 fully saturated rings. The molecule has 3 nitrogen and oxygen atoms in total. The van der Waals surface area contributed by atoms with Gasteiger partial charge >= 0.3 is 0 Å². The van der Waals surface area contributed by atoms with Gasteiger partial charge in [0.05, 0.1) is 6.61 Å². The fourth-order valence-corrected chi connectivity index (χ4v) is 2.50.